The molecule has 23 heavy (non-hydrogen) atoms. The standard InChI is InChI=1S/C14H17IN3O4S/c1-3-13(20)16-8-9-18(10(2)19)23(21,22)14-15-11-6-4-5-7-12(11)17-14/h4-7H,3,8-9H2,1-2H3,(H,16,20)/q-1. The molecule has 0 spiro atoms. The fourth-order valence-corrected chi connectivity index (χ4v) is 7.00. The van der Waals surface area contributed by atoms with Crippen molar-refractivity contribution >= 4 is 30.6 Å². The van der Waals surface area contributed by atoms with E-state index >= 15 is 0 Å². The molecule has 0 unspecified atom stereocenters. The third-order valence-electron chi connectivity index (χ3n) is 3.06. The number of aliphatic imine (C=N–C) groups is 1. The van der Waals surface area contributed by atoms with Crippen LogP contribution in [0, 0.1) is 3.57 Å². The van der Waals surface area contributed by atoms with Crippen molar-refractivity contribution in [3.8, 4) is 0 Å². The number of amides is 2. The van der Waals surface area contributed by atoms with E-state index in [0.29, 0.717) is 12.1 Å². The van der Waals surface area contributed by atoms with Crippen molar-refractivity contribution in [2.75, 3.05) is 13.1 Å². The third-order valence-corrected chi connectivity index (χ3v) is 8.98. The molecule has 0 saturated carbocycles. The molecule has 0 saturated heterocycles. The maximum atomic E-state index is 12.7. The van der Waals surface area contributed by atoms with Crippen LogP contribution in [0.15, 0.2) is 29.3 Å². The molecule has 0 aliphatic carbocycles. The molecule has 1 N–H and O–H groups in total. The van der Waals surface area contributed by atoms with Crippen LogP contribution in [0.5, 0.6) is 0 Å². The van der Waals surface area contributed by atoms with Gasteiger partial charge in [0.1, 0.15) is 0 Å². The number of fused-ring (bicyclic) bond motifs is 1. The number of para-hydroxylation sites is 1. The number of sulfonamides is 1. The molecular formula is C14H17IN3O4S-. The summed E-state index contributed by atoms with van der Waals surface area (Å²) in [6.07, 6.45) is 0.306. The van der Waals surface area contributed by atoms with Crippen LogP contribution in [-0.2, 0) is 19.6 Å². The fourth-order valence-electron chi connectivity index (χ4n) is 1.89. The summed E-state index contributed by atoms with van der Waals surface area (Å²) in [5, 5.41) is 2.57. The molecule has 2 amide bonds. The van der Waals surface area contributed by atoms with Gasteiger partial charge in [0.2, 0.25) is 0 Å². The monoisotopic (exact) mass is 450 g/mol. The molecular weight excluding hydrogens is 433 g/mol. The summed E-state index contributed by atoms with van der Waals surface area (Å²) in [6.45, 7) is 2.89. The van der Waals surface area contributed by atoms with Gasteiger partial charge in [-0.1, -0.05) is 0 Å². The first kappa shape index (κ1) is 17.9. The van der Waals surface area contributed by atoms with Gasteiger partial charge in [0, 0.05) is 0 Å². The summed E-state index contributed by atoms with van der Waals surface area (Å²) in [5.74, 6) is -0.776. The molecule has 126 valence electrons. The zero-order valence-corrected chi connectivity index (χ0v) is 15.7. The molecule has 1 aliphatic rings. The van der Waals surface area contributed by atoms with Gasteiger partial charge < -0.3 is 0 Å². The van der Waals surface area contributed by atoms with Crippen molar-refractivity contribution in [1.82, 2.24) is 9.62 Å². The van der Waals surface area contributed by atoms with Crippen molar-refractivity contribution in [1.29, 1.82) is 0 Å². The van der Waals surface area contributed by atoms with E-state index in [9.17, 15) is 18.0 Å². The summed E-state index contributed by atoms with van der Waals surface area (Å²) in [4.78, 5) is 27.2. The molecule has 0 aromatic heterocycles. The number of hydrogen-bond acceptors (Lipinski definition) is 5. The van der Waals surface area contributed by atoms with Crippen LogP contribution in [0.4, 0.5) is 5.69 Å². The number of hydrogen-bond donors (Lipinski definition) is 1. The van der Waals surface area contributed by atoms with Gasteiger partial charge in [-0.05, 0) is 0 Å². The Hall–Kier alpha value is -1.49. The normalized spacial score (nSPS) is 13.6. The average molecular weight is 450 g/mol. The first-order valence-corrected chi connectivity index (χ1v) is 10.6. The van der Waals surface area contributed by atoms with Gasteiger partial charge in [0.25, 0.3) is 0 Å². The van der Waals surface area contributed by atoms with Gasteiger partial charge in [-0.2, -0.15) is 0 Å². The second kappa shape index (κ2) is 7.39. The molecule has 0 bridgehead atoms. The van der Waals surface area contributed by atoms with E-state index in [1.165, 1.54) is 6.92 Å². The van der Waals surface area contributed by atoms with Crippen LogP contribution in [0.1, 0.15) is 20.3 Å². The quantitative estimate of drug-likeness (QED) is 0.520. The fraction of sp³-hybridized carbons (Fsp3) is 0.357. The predicted octanol–water partition coefficient (Wildman–Crippen LogP) is -2.35. The Morgan fingerprint density at radius 2 is 2.00 bits per heavy atom. The number of carbonyl (C=O) groups excluding carboxylic acids is 2. The SMILES string of the molecule is CCC(=O)NCCN(C(C)=O)S(=O)(=O)C1=Nc2ccccc2[I-]1. The summed E-state index contributed by atoms with van der Waals surface area (Å²) >= 11 is -0.943. The van der Waals surface area contributed by atoms with Crippen LogP contribution in [0.2, 0.25) is 0 Å². The van der Waals surface area contributed by atoms with E-state index in [0.717, 1.165) is 7.88 Å². The summed E-state index contributed by atoms with van der Waals surface area (Å²) in [5.41, 5.74) is 0.654. The van der Waals surface area contributed by atoms with E-state index in [1.807, 2.05) is 12.1 Å². The second-order valence-electron chi connectivity index (χ2n) is 4.71. The van der Waals surface area contributed by atoms with Gasteiger partial charge in [0.15, 0.2) is 0 Å². The first-order chi connectivity index (χ1) is 10.9. The van der Waals surface area contributed by atoms with Gasteiger partial charge in [-0.3, -0.25) is 0 Å². The summed E-state index contributed by atoms with van der Waals surface area (Å²) in [7, 11) is -3.94. The maximum absolute atomic E-state index is 12.7. The molecule has 1 aromatic carbocycles. The third kappa shape index (κ3) is 4.08. The first-order valence-electron chi connectivity index (χ1n) is 6.98. The Labute approximate surface area is 145 Å². The Morgan fingerprint density at radius 1 is 1.30 bits per heavy atom. The molecule has 7 nitrogen and oxygen atoms in total. The molecule has 9 heteroatoms. The average Bonchev–Trinajstić information content (AvgIpc) is 2.95. The zero-order valence-electron chi connectivity index (χ0n) is 12.7. The van der Waals surface area contributed by atoms with E-state index in [4.69, 9.17) is 0 Å². The Bertz CT molecular complexity index is 761. The Morgan fingerprint density at radius 3 is 2.61 bits per heavy atom. The minimum absolute atomic E-state index is 0.0644. The van der Waals surface area contributed by atoms with Gasteiger partial charge in [-0.25, -0.2) is 0 Å². The second-order valence-corrected chi connectivity index (χ2v) is 9.94. The molecule has 1 aliphatic heterocycles. The van der Waals surface area contributed by atoms with Gasteiger partial charge in [0.05, 0.1) is 0 Å². The zero-order chi connectivity index (χ0) is 17.0. The molecule has 2 rings (SSSR count). The van der Waals surface area contributed by atoms with E-state index in [2.05, 4.69) is 10.3 Å². The van der Waals surface area contributed by atoms with Gasteiger partial charge >= 0.3 is 146 Å². The van der Waals surface area contributed by atoms with Crippen molar-refractivity contribution in [2.45, 2.75) is 20.3 Å². The minimum atomic E-state index is -3.94. The molecule has 0 fully saturated rings. The van der Waals surface area contributed by atoms with Crippen molar-refractivity contribution < 1.29 is 39.2 Å². The van der Waals surface area contributed by atoms with Crippen molar-refractivity contribution in [2.24, 2.45) is 4.99 Å². The number of benzene rings is 1. The molecule has 0 radical (unpaired) electrons. The van der Waals surface area contributed by atoms with Crippen LogP contribution >= 0.6 is 0 Å². The van der Waals surface area contributed by atoms with Crippen LogP contribution in [0.25, 0.3) is 0 Å². The van der Waals surface area contributed by atoms with Crippen LogP contribution in [0.3, 0.4) is 0 Å². The van der Waals surface area contributed by atoms with E-state index in [-0.39, 0.29) is 22.0 Å². The topological polar surface area (TPSA) is 95.9 Å². The molecule has 0 atom stereocenters. The van der Waals surface area contributed by atoms with E-state index < -0.39 is 37.1 Å². The van der Waals surface area contributed by atoms with Crippen molar-refractivity contribution in [3.63, 3.8) is 0 Å². The summed E-state index contributed by atoms with van der Waals surface area (Å²) in [6, 6.07) is 7.25. The number of nitrogens with zero attached hydrogens (tertiary/aromatic N) is 2. The Balaban J connectivity index is 2.16. The Kier molecular flexibility index (Phi) is 5.74. The van der Waals surface area contributed by atoms with E-state index in [1.54, 1.807) is 19.1 Å². The van der Waals surface area contributed by atoms with Gasteiger partial charge in [-0.15, -0.1) is 0 Å². The van der Waals surface area contributed by atoms with Crippen LogP contribution < -0.4 is 26.5 Å². The molecule has 1 heterocycles. The number of rotatable bonds is 4. The van der Waals surface area contributed by atoms with Crippen LogP contribution in [-0.4, -0.2) is 40.7 Å². The molecule has 1 aromatic rings. The summed E-state index contributed by atoms with van der Waals surface area (Å²) < 4.78 is 27.1. The predicted molar refractivity (Wildman–Crippen MR) is 81.8 cm³/mol. The number of halogens is 1. The number of nitrogens with one attached hydrogen (secondary N) is 1. The van der Waals surface area contributed by atoms with Crippen molar-refractivity contribution in [3.05, 3.63) is 27.8 Å². The number of carbonyl (C=O) groups is 2.